The lowest BCUT2D eigenvalue weighted by molar-refractivity contribution is 0.369. The number of hydrogen-bond donors (Lipinski definition) is 0. The maximum Gasteiger partial charge on any atom is 0.00518 e. The summed E-state index contributed by atoms with van der Waals surface area (Å²) in [5, 5.41) is 0. The van der Waals surface area contributed by atoms with Crippen LogP contribution < -0.4 is 0 Å². The summed E-state index contributed by atoms with van der Waals surface area (Å²) < 4.78 is 0. The minimum atomic E-state index is 0.312. The van der Waals surface area contributed by atoms with E-state index in [2.05, 4.69) is 83.7 Å². The van der Waals surface area contributed by atoms with E-state index >= 15 is 0 Å². The zero-order valence-electron chi connectivity index (χ0n) is 14.8. The second kappa shape index (κ2) is 6.69. The van der Waals surface area contributed by atoms with Crippen LogP contribution in [0.1, 0.15) is 53.0 Å². The quantitative estimate of drug-likeness (QED) is 0.532. The van der Waals surface area contributed by atoms with Gasteiger partial charge in [-0.2, -0.15) is 0 Å². The summed E-state index contributed by atoms with van der Waals surface area (Å²) in [5.41, 5.74) is 5.87. The van der Waals surface area contributed by atoms with Gasteiger partial charge in [0.15, 0.2) is 0 Å². The Labute approximate surface area is 136 Å². The molecule has 1 aromatic carbocycles. The Morgan fingerprint density at radius 2 is 1.82 bits per heavy atom. The topological polar surface area (TPSA) is 0 Å². The molecule has 0 radical (unpaired) electrons. The van der Waals surface area contributed by atoms with E-state index in [9.17, 15) is 0 Å². The molecule has 0 aliphatic heterocycles. The van der Waals surface area contributed by atoms with Crippen LogP contribution in [0.25, 0.3) is 5.57 Å². The molecule has 0 nitrogen and oxygen atoms in total. The van der Waals surface area contributed by atoms with E-state index in [1.165, 1.54) is 22.3 Å². The zero-order valence-corrected chi connectivity index (χ0v) is 14.8. The number of hydrogen-bond acceptors (Lipinski definition) is 0. The molecular weight excluding hydrogens is 264 g/mol. The molecule has 118 valence electrons. The van der Waals surface area contributed by atoms with Gasteiger partial charge in [0.1, 0.15) is 0 Å². The Hall–Kier alpha value is -1.56. The second-order valence-electron chi connectivity index (χ2n) is 7.81. The van der Waals surface area contributed by atoms with Crippen LogP contribution in [0.15, 0.2) is 60.2 Å². The zero-order chi connectivity index (χ0) is 16.3. The largest absolute Gasteiger partial charge is 0.0995 e. The van der Waals surface area contributed by atoms with Crippen LogP contribution in [-0.4, -0.2) is 0 Å². The SMILES string of the molecule is C=C(CC(C)(C)C)C(CC)C1C=C(c2ccccc2)C=C1C. The van der Waals surface area contributed by atoms with Crippen LogP contribution >= 0.6 is 0 Å². The van der Waals surface area contributed by atoms with Gasteiger partial charge in [-0.25, -0.2) is 0 Å². The molecule has 1 aliphatic rings. The fraction of sp³-hybridized carbons (Fsp3) is 0.455. The first kappa shape index (κ1) is 16.8. The summed E-state index contributed by atoms with van der Waals surface area (Å²) in [4.78, 5) is 0. The van der Waals surface area contributed by atoms with Gasteiger partial charge in [-0.15, -0.1) is 0 Å². The van der Waals surface area contributed by atoms with Crippen LogP contribution in [0.4, 0.5) is 0 Å². The highest BCUT2D eigenvalue weighted by atomic mass is 14.3. The summed E-state index contributed by atoms with van der Waals surface area (Å²) in [6, 6.07) is 10.7. The predicted molar refractivity (Wildman–Crippen MR) is 98.7 cm³/mol. The smallest absolute Gasteiger partial charge is 0.00518 e. The molecule has 0 saturated heterocycles. The van der Waals surface area contributed by atoms with Crippen molar-refractivity contribution in [2.45, 2.75) is 47.5 Å². The standard InChI is InChI=1S/C22H30/c1-7-20(17(3)15-22(4,5)6)21-14-19(13-16(21)2)18-11-9-8-10-12-18/h8-14,20-21H,3,7,15H2,1-2,4-6H3. The molecule has 0 aromatic heterocycles. The van der Waals surface area contributed by atoms with Crippen molar-refractivity contribution >= 4 is 5.57 Å². The van der Waals surface area contributed by atoms with Gasteiger partial charge in [-0.1, -0.05) is 87.9 Å². The third-order valence-electron chi connectivity index (χ3n) is 4.53. The Bertz CT molecular complexity index is 578. The van der Waals surface area contributed by atoms with Crippen LogP contribution in [0.3, 0.4) is 0 Å². The average molecular weight is 294 g/mol. The van der Waals surface area contributed by atoms with E-state index in [1.54, 1.807) is 0 Å². The maximum atomic E-state index is 4.43. The van der Waals surface area contributed by atoms with Crippen LogP contribution in [0, 0.1) is 17.3 Å². The van der Waals surface area contributed by atoms with Gasteiger partial charge >= 0.3 is 0 Å². The molecule has 0 heteroatoms. The lowest BCUT2D eigenvalue weighted by Gasteiger charge is -2.29. The van der Waals surface area contributed by atoms with Crippen molar-refractivity contribution in [2.24, 2.45) is 17.3 Å². The van der Waals surface area contributed by atoms with Crippen LogP contribution in [0.5, 0.6) is 0 Å². The monoisotopic (exact) mass is 294 g/mol. The van der Waals surface area contributed by atoms with Crippen LogP contribution in [-0.2, 0) is 0 Å². The summed E-state index contributed by atoms with van der Waals surface area (Å²) in [5.74, 6) is 1.06. The minimum absolute atomic E-state index is 0.312. The molecule has 0 fully saturated rings. The molecule has 2 unspecified atom stereocenters. The Balaban J connectivity index is 2.22. The molecular formula is C22H30. The molecule has 0 N–H and O–H groups in total. The average Bonchev–Trinajstić information content (AvgIpc) is 2.81. The molecule has 1 aromatic rings. The first-order chi connectivity index (χ1) is 10.3. The van der Waals surface area contributed by atoms with Crippen molar-refractivity contribution in [3.8, 4) is 0 Å². The van der Waals surface area contributed by atoms with Gasteiger partial charge in [0, 0.05) is 5.92 Å². The number of benzene rings is 1. The molecule has 2 rings (SSSR count). The summed E-state index contributed by atoms with van der Waals surface area (Å²) in [6.45, 7) is 15.9. The second-order valence-corrected chi connectivity index (χ2v) is 7.81. The molecule has 0 spiro atoms. The van der Waals surface area contributed by atoms with Crippen molar-refractivity contribution in [2.75, 3.05) is 0 Å². The molecule has 22 heavy (non-hydrogen) atoms. The van der Waals surface area contributed by atoms with E-state index < -0.39 is 0 Å². The molecule has 2 atom stereocenters. The molecule has 0 saturated carbocycles. The highest BCUT2D eigenvalue weighted by Gasteiger charge is 2.28. The Morgan fingerprint density at radius 3 is 2.36 bits per heavy atom. The predicted octanol–water partition coefficient (Wildman–Crippen LogP) is 6.66. The minimum Gasteiger partial charge on any atom is -0.0995 e. The Morgan fingerprint density at radius 1 is 1.18 bits per heavy atom. The summed E-state index contributed by atoms with van der Waals surface area (Å²) in [6.07, 6.45) is 7.06. The summed E-state index contributed by atoms with van der Waals surface area (Å²) >= 11 is 0. The lowest BCUT2D eigenvalue weighted by atomic mass is 9.76. The van der Waals surface area contributed by atoms with Gasteiger partial charge in [0.2, 0.25) is 0 Å². The normalized spacial score (nSPS) is 19.6. The number of allylic oxidation sites excluding steroid dienone is 5. The first-order valence-corrected chi connectivity index (χ1v) is 8.45. The third-order valence-corrected chi connectivity index (χ3v) is 4.53. The summed E-state index contributed by atoms with van der Waals surface area (Å²) in [7, 11) is 0. The van der Waals surface area contributed by atoms with Gasteiger partial charge in [0.05, 0.1) is 0 Å². The van der Waals surface area contributed by atoms with Crippen molar-refractivity contribution in [3.05, 3.63) is 65.8 Å². The lowest BCUT2D eigenvalue weighted by Crippen LogP contribution is -2.18. The van der Waals surface area contributed by atoms with Crippen molar-refractivity contribution in [3.63, 3.8) is 0 Å². The molecule has 0 heterocycles. The number of rotatable bonds is 5. The van der Waals surface area contributed by atoms with E-state index in [4.69, 9.17) is 0 Å². The van der Waals surface area contributed by atoms with E-state index in [0.29, 0.717) is 17.3 Å². The third kappa shape index (κ3) is 4.00. The van der Waals surface area contributed by atoms with Crippen molar-refractivity contribution in [1.29, 1.82) is 0 Å². The van der Waals surface area contributed by atoms with E-state index in [0.717, 1.165) is 12.8 Å². The van der Waals surface area contributed by atoms with Crippen LogP contribution in [0.2, 0.25) is 0 Å². The molecule has 0 bridgehead atoms. The van der Waals surface area contributed by atoms with Gasteiger partial charge < -0.3 is 0 Å². The maximum absolute atomic E-state index is 4.43. The van der Waals surface area contributed by atoms with Gasteiger partial charge in [-0.05, 0) is 42.2 Å². The van der Waals surface area contributed by atoms with Gasteiger partial charge in [0.25, 0.3) is 0 Å². The van der Waals surface area contributed by atoms with Crippen molar-refractivity contribution < 1.29 is 0 Å². The molecule has 0 amide bonds. The highest BCUT2D eigenvalue weighted by molar-refractivity contribution is 5.78. The van der Waals surface area contributed by atoms with E-state index in [1.807, 2.05) is 0 Å². The van der Waals surface area contributed by atoms with E-state index in [-0.39, 0.29) is 0 Å². The fourth-order valence-corrected chi connectivity index (χ4v) is 3.57. The first-order valence-electron chi connectivity index (χ1n) is 8.45. The Kier molecular flexibility index (Phi) is 5.11. The molecule has 1 aliphatic carbocycles. The van der Waals surface area contributed by atoms with Crippen molar-refractivity contribution in [1.82, 2.24) is 0 Å². The van der Waals surface area contributed by atoms with Gasteiger partial charge in [-0.3, -0.25) is 0 Å². The fourth-order valence-electron chi connectivity index (χ4n) is 3.57. The highest BCUT2D eigenvalue weighted by Crippen LogP contribution is 2.41.